The highest BCUT2D eigenvalue weighted by molar-refractivity contribution is 7.92. The van der Waals surface area contributed by atoms with E-state index in [4.69, 9.17) is 11.6 Å². The van der Waals surface area contributed by atoms with Crippen molar-refractivity contribution in [1.82, 2.24) is 0 Å². The van der Waals surface area contributed by atoms with E-state index in [1.807, 2.05) is 0 Å². The van der Waals surface area contributed by atoms with Crippen molar-refractivity contribution >= 4 is 33.3 Å². The molecule has 22 heavy (non-hydrogen) atoms. The molecule has 0 amide bonds. The van der Waals surface area contributed by atoms with E-state index in [9.17, 15) is 18.3 Å². The fraction of sp³-hybridized carbons (Fsp3) is 0.133. The molecule has 2 aromatic carbocycles. The van der Waals surface area contributed by atoms with Crippen LogP contribution in [-0.2, 0) is 21.2 Å². The van der Waals surface area contributed by atoms with E-state index in [1.165, 1.54) is 18.2 Å². The fourth-order valence-corrected chi connectivity index (χ4v) is 3.09. The van der Waals surface area contributed by atoms with E-state index in [-0.39, 0.29) is 11.3 Å². The van der Waals surface area contributed by atoms with Gasteiger partial charge in [-0.25, -0.2) is 8.42 Å². The van der Waals surface area contributed by atoms with Gasteiger partial charge in [0.25, 0.3) is 10.0 Å². The second-order valence-electron chi connectivity index (χ2n) is 4.63. The Labute approximate surface area is 133 Å². The Kier molecular flexibility index (Phi) is 5.05. The van der Waals surface area contributed by atoms with Gasteiger partial charge in [-0.2, -0.15) is 0 Å². The summed E-state index contributed by atoms with van der Waals surface area (Å²) in [6, 6.07) is 12.4. The van der Waals surface area contributed by atoms with Gasteiger partial charge in [0.1, 0.15) is 0 Å². The van der Waals surface area contributed by atoms with Crippen LogP contribution in [0.2, 0.25) is 5.02 Å². The van der Waals surface area contributed by atoms with Crippen LogP contribution in [0, 0.1) is 0 Å². The molecule has 0 unspecified atom stereocenters. The Morgan fingerprint density at radius 2 is 1.82 bits per heavy atom. The van der Waals surface area contributed by atoms with Crippen molar-refractivity contribution in [1.29, 1.82) is 0 Å². The second kappa shape index (κ2) is 6.81. The molecule has 0 saturated heterocycles. The third-order valence-corrected chi connectivity index (χ3v) is 4.56. The minimum Gasteiger partial charge on any atom is -0.550 e. The Balaban J connectivity index is 2.14. The zero-order valence-corrected chi connectivity index (χ0v) is 13.0. The first-order valence-electron chi connectivity index (χ1n) is 6.44. The number of benzene rings is 2. The third kappa shape index (κ3) is 4.47. The van der Waals surface area contributed by atoms with Gasteiger partial charge in [-0.3, -0.25) is 4.72 Å². The van der Waals surface area contributed by atoms with Gasteiger partial charge in [0, 0.05) is 11.0 Å². The molecule has 7 heteroatoms. The van der Waals surface area contributed by atoms with E-state index < -0.39 is 16.0 Å². The van der Waals surface area contributed by atoms with E-state index >= 15 is 0 Å². The molecule has 0 aromatic heterocycles. The van der Waals surface area contributed by atoms with Crippen LogP contribution in [0.25, 0.3) is 0 Å². The Morgan fingerprint density at radius 1 is 1.14 bits per heavy atom. The summed E-state index contributed by atoms with van der Waals surface area (Å²) in [5, 5.41) is 10.8. The van der Waals surface area contributed by atoms with Crippen LogP contribution in [0.15, 0.2) is 53.4 Å². The maximum absolute atomic E-state index is 12.2. The minimum atomic E-state index is -3.72. The lowest BCUT2D eigenvalue weighted by Gasteiger charge is -2.09. The molecule has 116 valence electrons. The quantitative estimate of drug-likeness (QED) is 0.870. The normalized spacial score (nSPS) is 11.1. The molecule has 0 spiro atoms. The molecule has 1 N–H and O–H groups in total. The highest BCUT2D eigenvalue weighted by Gasteiger charge is 2.14. The average Bonchev–Trinajstić information content (AvgIpc) is 2.45. The predicted octanol–water partition coefficient (Wildman–Crippen LogP) is 1.82. The third-order valence-electron chi connectivity index (χ3n) is 2.93. The monoisotopic (exact) mass is 338 g/mol. The van der Waals surface area contributed by atoms with Gasteiger partial charge in [0.15, 0.2) is 0 Å². The molecule has 0 aliphatic heterocycles. The van der Waals surface area contributed by atoms with E-state index in [2.05, 4.69) is 4.72 Å². The first-order valence-corrected chi connectivity index (χ1v) is 8.30. The molecule has 0 radical (unpaired) electrons. The number of anilines is 1. The Morgan fingerprint density at radius 3 is 2.41 bits per heavy atom. The molecule has 0 heterocycles. The van der Waals surface area contributed by atoms with Gasteiger partial charge in [-0.15, -0.1) is 0 Å². The van der Waals surface area contributed by atoms with Gasteiger partial charge in [-0.1, -0.05) is 29.8 Å². The minimum absolute atomic E-state index is 0.0877. The van der Waals surface area contributed by atoms with Crippen LogP contribution >= 0.6 is 11.6 Å². The number of sulfonamides is 1. The highest BCUT2D eigenvalue weighted by atomic mass is 35.5. The van der Waals surface area contributed by atoms with E-state index in [0.717, 1.165) is 5.56 Å². The van der Waals surface area contributed by atoms with Crippen molar-refractivity contribution in [2.75, 3.05) is 4.72 Å². The number of aryl methyl sites for hydroxylation is 1. The summed E-state index contributed by atoms with van der Waals surface area (Å²) in [5.74, 6) is -1.14. The van der Waals surface area contributed by atoms with Crippen LogP contribution < -0.4 is 9.83 Å². The summed E-state index contributed by atoms with van der Waals surface area (Å²) >= 11 is 5.81. The maximum atomic E-state index is 12.2. The number of carbonyl (C=O) groups excluding carboxylic acids is 1. The summed E-state index contributed by atoms with van der Waals surface area (Å²) in [6.07, 6.45) is 0.192. The Bertz CT molecular complexity index is 772. The summed E-state index contributed by atoms with van der Waals surface area (Å²) in [4.78, 5) is 10.5. The number of carbonyl (C=O) groups is 1. The number of carboxylic acids is 1. The molecular weight excluding hydrogens is 326 g/mol. The van der Waals surface area contributed by atoms with Gasteiger partial charge in [0.2, 0.25) is 0 Å². The number of hydrogen-bond acceptors (Lipinski definition) is 4. The molecule has 0 aliphatic carbocycles. The predicted molar refractivity (Wildman–Crippen MR) is 82.0 cm³/mol. The van der Waals surface area contributed by atoms with Gasteiger partial charge in [-0.05, 0) is 48.7 Å². The van der Waals surface area contributed by atoms with Gasteiger partial charge in [0.05, 0.1) is 10.6 Å². The topological polar surface area (TPSA) is 86.3 Å². The Hall–Kier alpha value is -2.05. The SMILES string of the molecule is O=C([O-])CCc1ccc(S(=O)(=O)Nc2cccc(Cl)c2)cc1. The van der Waals surface area contributed by atoms with Crippen LogP contribution in [0.1, 0.15) is 12.0 Å². The van der Waals surface area contributed by atoms with Crippen LogP contribution in [0.4, 0.5) is 5.69 Å². The molecule has 0 saturated carbocycles. The fourth-order valence-electron chi connectivity index (χ4n) is 1.85. The van der Waals surface area contributed by atoms with Crippen LogP contribution in [0.3, 0.4) is 0 Å². The lowest BCUT2D eigenvalue weighted by Crippen LogP contribution is -2.22. The van der Waals surface area contributed by atoms with Crippen molar-refractivity contribution in [3.05, 3.63) is 59.1 Å². The summed E-state index contributed by atoms with van der Waals surface area (Å²) in [6.45, 7) is 0. The smallest absolute Gasteiger partial charge is 0.261 e. The molecular formula is C15H13ClNO4S-. The highest BCUT2D eigenvalue weighted by Crippen LogP contribution is 2.20. The average molecular weight is 339 g/mol. The van der Waals surface area contributed by atoms with Gasteiger partial charge >= 0.3 is 0 Å². The zero-order chi connectivity index (χ0) is 16.2. The molecule has 0 aliphatic rings. The number of rotatable bonds is 6. The molecule has 5 nitrogen and oxygen atoms in total. The molecule has 2 rings (SSSR count). The van der Waals surface area contributed by atoms with Crippen molar-refractivity contribution < 1.29 is 18.3 Å². The number of nitrogens with one attached hydrogen (secondary N) is 1. The number of halogens is 1. The molecule has 0 bridgehead atoms. The maximum Gasteiger partial charge on any atom is 0.261 e. The number of hydrogen-bond donors (Lipinski definition) is 1. The number of carboxylic acid groups (broad SMARTS) is 1. The van der Waals surface area contributed by atoms with Crippen LogP contribution in [-0.4, -0.2) is 14.4 Å². The summed E-state index contributed by atoms with van der Waals surface area (Å²) in [5.41, 5.74) is 1.10. The summed E-state index contributed by atoms with van der Waals surface area (Å²) < 4.78 is 26.9. The second-order valence-corrected chi connectivity index (χ2v) is 6.75. The molecule has 2 aromatic rings. The van der Waals surface area contributed by atoms with Crippen molar-refractivity contribution in [3.8, 4) is 0 Å². The lowest BCUT2D eigenvalue weighted by atomic mass is 10.1. The number of aliphatic carboxylic acids is 1. The van der Waals surface area contributed by atoms with Crippen molar-refractivity contribution in [3.63, 3.8) is 0 Å². The first kappa shape index (κ1) is 16.3. The largest absolute Gasteiger partial charge is 0.550 e. The zero-order valence-electron chi connectivity index (χ0n) is 11.5. The molecule has 0 atom stereocenters. The first-order chi connectivity index (χ1) is 10.4. The van der Waals surface area contributed by atoms with E-state index in [0.29, 0.717) is 17.1 Å². The lowest BCUT2D eigenvalue weighted by molar-refractivity contribution is -0.305. The molecule has 0 fully saturated rings. The van der Waals surface area contributed by atoms with Crippen LogP contribution in [0.5, 0.6) is 0 Å². The van der Waals surface area contributed by atoms with Crippen molar-refractivity contribution in [2.24, 2.45) is 0 Å². The van der Waals surface area contributed by atoms with E-state index in [1.54, 1.807) is 30.3 Å². The summed E-state index contributed by atoms with van der Waals surface area (Å²) in [7, 11) is -3.72. The standard InChI is InChI=1S/C15H14ClNO4S/c16-12-2-1-3-13(10-12)17-22(20,21)14-7-4-11(5-8-14)6-9-15(18)19/h1-5,7-8,10,17H,6,9H2,(H,18,19)/p-1. The van der Waals surface area contributed by atoms with Crippen molar-refractivity contribution in [2.45, 2.75) is 17.7 Å². The van der Waals surface area contributed by atoms with Gasteiger partial charge < -0.3 is 9.90 Å².